The third-order valence-electron chi connectivity index (χ3n) is 9.79. The SMILES string of the molecule is [2H]c1cc([2H])c2c(c1[2H])c1c([2H])c([2H])cc([2H])c1n2-c1ccc(-c2cc(-c3ccccc3)cc(-c3ccccc3)c2)cc1-c1nc(-c2ccccc2)nc(-c2ccccc2)n1. The van der Waals surface area contributed by atoms with E-state index in [4.69, 9.17) is 20.4 Å². The molecule has 55 heavy (non-hydrogen) atoms. The van der Waals surface area contributed by atoms with Crippen LogP contribution in [-0.2, 0) is 0 Å². The zero-order chi connectivity index (χ0) is 41.8. The number of fused-ring (bicyclic) bond motifs is 3. The normalized spacial score (nSPS) is 12.8. The highest BCUT2D eigenvalue weighted by atomic mass is 15.1. The fraction of sp³-hybridized carbons (Fsp3) is 0. The fourth-order valence-corrected chi connectivity index (χ4v) is 7.16. The van der Waals surface area contributed by atoms with Crippen LogP contribution in [0, 0.1) is 0 Å². The first-order valence-corrected chi connectivity index (χ1v) is 18.0. The van der Waals surface area contributed by atoms with E-state index in [1.807, 2.05) is 115 Å². The van der Waals surface area contributed by atoms with Crippen LogP contribution < -0.4 is 0 Å². The molecule has 2 aromatic heterocycles. The maximum atomic E-state index is 9.24. The van der Waals surface area contributed by atoms with Gasteiger partial charge in [0.2, 0.25) is 0 Å². The number of hydrogen-bond acceptors (Lipinski definition) is 3. The molecular weight excluding hydrogens is 669 g/mol. The number of para-hydroxylation sites is 2. The van der Waals surface area contributed by atoms with Gasteiger partial charge in [0.05, 0.1) is 24.9 Å². The van der Waals surface area contributed by atoms with Crippen molar-refractivity contribution in [2.24, 2.45) is 0 Å². The topological polar surface area (TPSA) is 43.6 Å². The summed E-state index contributed by atoms with van der Waals surface area (Å²) < 4.78 is 55.5. The number of benzene rings is 8. The van der Waals surface area contributed by atoms with Gasteiger partial charge in [-0.05, 0) is 75.8 Å². The van der Waals surface area contributed by atoms with Crippen LogP contribution in [0.25, 0.3) is 95.0 Å². The van der Waals surface area contributed by atoms with Gasteiger partial charge in [-0.25, -0.2) is 15.0 Å². The molecule has 4 heteroatoms. The third-order valence-corrected chi connectivity index (χ3v) is 9.79. The van der Waals surface area contributed by atoms with E-state index in [0.717, 1.165) is 44.5 Å². The Morgan fingerprint density at radius 2 is 0.764 bits per heavy atom. The molecular formula is C51H34N4. The second-order valence-electron chi connectivity index (χ2n) is 13.2. The summed E-state index contributed by atoms with van der Waals surface area (Å²) in [6.45, 7) is 0. The van der Waals surface area contributed by atoms with Crippen molar-refractivity contribution < 1.29 is 8.22 Å². The molecule has 0 bridgehead atoms. The molecule has 0 spiro atoms. The van der Waals surface area contributed by atoms with E-state index >= 15 is 0 Å². The van der Waals surface area contributed by atoms with Crippen LogP contribution in [0.3, 0.4) is 0 Å². The molecule has 10 aromatic rings. The maximum absolute atomic E-state index is 9.24. The van der Waals surface area contributed by atoms with Gasteiger partial charge < -0.3 is 4.57 Å². The summed E-state index contributed by atoms with van der Waals surface area (Å²) in [6, 6.07) is 54.0. The average molecular weight is 709 g/mol. The van der Waals surface area contributed by atoms with E-state index in [1.165, 1.54) is 12.1 Å². The predicted octanol–water partition coefficient (Wildman–Crippen LogP) is 13.0. The highest BCUT2D eigenvalue weighted by molar-refractivity contribution is 6.09. The largest absolute Gasteiger partial charge is 0.309 e. The van der Waals surface area contributed by atoms with E-state index in [0.29, 0.717) is 28.7 Å². The van der Waals surface area contributed by atoms with Crippen molar-refractivity contribution >= 4 is 21.8 Å². The summed E-state index contributed by atoms with van der Waals surface area (Å²) in [6.07, 6.45) is 0. The van der Waals surface area contributed by atoms with Gasteiger partial charge in [0.25, 0.3) is 0 Å². The molecule has 0 amide bonds. The molecule has 0 fully saturated rings. The van der Waals surface area contributed by atoms with Crippen LogP contribution >= 0.6 is 0 Å². The minimum atomic E-state index is -0.185. The lowest BCUT2D eigenvalue weighted by atomic mass is 9.92. The van der Waals surface area contributed by atoms with Crippen LogP contribution in [0.5, 0.6) is 0 Å². The maximum Gasteiger partial charge on any atom is 0.166 e. The zero-order valence-corrected chi connectivity index (χ0v) is 29.5. The van der Waals surface area contributed by atoms with Gasteiger partial charge in [0.1, 0.15) is 0 Å². The van der Waals surface area contributed by atoms with Crippen LogP contribution in [-0.4, -0.2) is 19.5 Å². The highest BCUT2D eigenvalue weighted by Gasteiger charge is 2.20. The minimum absolute atomic E-state index is 0.0544. The summed E-state index contributed by atoms with van der Waals surface area (Å²) in [4.78, 5) is 15.2. The Kier molecular flexibility index (Phi) is 6.63. The summed E-state index contributed by atoms with van der Waals surface area (Å²) in [5, 5.41) is 0.340. The Labute approximate surface area is 328 Å². The van der Waals surface area contributed by atoms with Crippen molar-refractivity contribution in [3.63, 3.8) is 0 Å². The van der Waals surface area contributed by atoms with Crippen molar-refractivity contribution in [2.45, 2.75) is 0 Å². The Hall–Kier alpha value is -7.43. The average Bonchev–Trinajstić information content (AvgIpc) is 3.68. The van der Waals surface area contributed by atoms with Gasteiger partial charge in [-0.2, -0.15) is 0 Å². The summed E-state index contributed by atoms with van der Waals surface area (Å²) in [5.41, 5.74) is 9.06. The van der Waals surface area contributed by atoms with Crippen LogP contribution in [0.2, 0.25) is 0 Å². The predicted molar refractivity (Wildman–Crippen MR) is 227 cm³/mol. The van der Waals surface area contributed by atoms with E-state index in [1.54, 1.807) is 4.57 Å². The molecule has 0 atom stereocenters. The highest BCUT2D eigenvalue weighted by Crippen LogP contribution is 2.40. The van der Waals surface area contributed by atoms with Gasteiger partial charge in [-0.1, -0.05) is 164 Å². The fourth-order valence-electron chi connectivity index (χ4n) is 7.16. The molecule has 0 aliphatic rings. The molecule has 0 unspecified atom stereocenters. The van der Waals surface area contributed by atoms with Crippen LogP contribution in [0.15, 0.2) is 206 Å². The summed E-state index contributed by atoms with van der Waals surface area (Å²) >= 11 is 0. The van der Waals surface area contributed by atoms with Gasteiger partial charge in [0, 0.05) is 27.5 Å². The van der Waals surface area contributed by atoms with Crippen molar-refractivity contribution in [3.8, 4) is 73.2 Å². The molecule has 8 aromatic carbocycles. The quantitative estimate of drug-likeness (QED) is 0.166. The van der Waals surface area contributed by atoms with E-state index in [-0.39, 0.29) is 58.1 Å². The molecule has 0 saturated carbocycles. The lowest BCUT2D eigenvalue weighted by Gasteiger charge is -2.17. The number of nitrogens with zero attached hydrogens (tertiary/aromatic N) is 4. The number of hydrogen-bond donors (Lipinski definition) is 0. The standard InChI is InChI=1S/C51H34N4/c1-5-17-35(18-6-1)40-31-41(36-19-7-2-8-20-36)33-42(32-40)39-29-30-48(55-46-27-15-13-25-43(46)44-26-14-16-28-47(44)55)45(34-39)51-53-49(37-21-9-3-10-22-37)52-50(54-51)38-23-11-4-12-24-38/h1-34H/i13D,14D,25D,26D,27D,28D. The molecule has 0 radical (unpaired) electrons. The Balaban J connectivity index is 1.33. The second-order valence-corrected chi connectivity index (χ2v) is 13.2. The van der Waals surface area contributed by atoms with E-state index < -0.39 is 0 Å². The lowest BCUT2D eigenvalue weighted by Crippen LogP contribution is -2.04. The molecule has 0 aliphatic heterocycles. The smallest absolute Gasteiger partial charge is 0.166 e. The molecule has 0 aliphatic carbocycles. The Morgan fingerprint density at radius 1 is 0.345 bits per heavy atom. The first-order valence-electron chi connectivity index (χ1n) is 21.0. The Morgan fingerprint density at radius 3 is 1.24 bits per heavy atom. The van der Waals surface area contributed by atoms with Gasteiger partial charge >= 0.3 is 0 Å². The van der Waals surface area contributed by atoms with Gasteiger partial charge in [0.15, 0.2) is 17.5 Å². The van der Waals surface area contributed by atoms with E-state index in [9.17, 15) is 2.74 Å². The summed E-state index contributed by atoms with van der Waals surface area (Å²) in [5.74, 6) is 1.22. The second kappa shape index (κ2) is 13.8. The van der Waals surface area contributed by atoms with Crippen LogP contribution in [0.4, 0.5) is 0 Å². The molecule has 2 heterocycles. The van der Waals surface area contributed by atoms with Gasteiger partial charge in [-0.3, -0.25) is 0 Å². The molecule has 258 valence electrons. The molecule has 10 rings (SSSR count). The van der Waals surface area contributed by atoms with Gasteiger partial charge in [-0.15, -0.1) is 0 Å². The first-order chi connectivity index (χ1) is 29.7. The molecule has 0 saturated heterocycles. The summed E-state index contributed by atoms with van der Waals surface area (Å²) in [7, 11) is 0. The Bertz CT molecular complexity index is 3120. The van der Waals surface area contributed by atoms with E-state index in [2.05, 4.69) is 42.5 Å². The van der Waals surface area contributed by atoms with Crippen molar-refractivity contribution in [1.29, 1.82) is 0 Å². The van der Waals surface area contributed by atoms with Crippen molar-refractivity contribution in [2.75, 3.05) is 0 Å². The van der Waals surface area contributed by atoms with Crippen LogP contribution in [0.1, 0.15) is 8.22 Å². The minimum Gasteiger partial charge on any atom is -0.309 e. The first kappa shape index (κ1) is 26.4. The molecule has 0 N–H and O–H groups in total. The number of aromatic nitrogens is 4. The molecule has 4 nitrogen and oxygen atoms in total. The zero-order valence-electron chi connectivity index (χ0n) is 35.5. The number of rotatable bonds is 7. The van der Waals surface area contributed by atoms with Crippen molar-refractivity contribution in [1.82, 2.24) is 19.5 Å². The third kappa shape index (κ3) is 6.06. The lowest BCUT2D eigenvalue weighted by molar-refractivity contribution is 1.06. The monoisotopic (exact) mass is 708 g/mol. The van der Waals surface area contributed by atoms with Crippen molar-refractivity contribution in [3.05, 3.63) is 206 Å².